The van der Waals surface area contributed by atoms with Gasteiger partial charge in [0.05, 0.1) is 10.7 Å². The van der Waals surface area contributed by atoms with Crippen molar-refractivity contribution in [2.24, 2.45) is 0 Å². The van der Waals surface area contributed by atoms with Gasteiger partial charge in [-0.05, 0) is 44.2 Å². The topological polar surface area (TPSA) is 122 Å². The Kier molecular flexibility index (Phi) is 6.19. The number of hydrogen-bond acceptors (Lipinski definition) is 6. The van der Waals surface area contributed by atoms with Gasteiger partial charge in [-0.1, -0.05) is 6.92 Å². The summed E-state index contributed by atoms with van der Waals surface area (Å²) in [5, 5.41) is 14.4. The SMILES string of the molecule is CCCS(=O)(=O)NC1CCN(c2ccc(C(=O)NC3CC3)cc2[N+](=O)[O-])CC1. The molecule has 154 valence electrons. The number of piperidine rings is 1. The molecule has 2 fully saturated rings. The van der Waals surface area contributed by atoms with Crippen LogP contribution in [0, 0.1) is 10.1 Å². The van der Waals surface area contributed by atoms with Gasteiger partial charge in [-0.25, -0.2) is 13.1 Å². The number of anilines is 1. The lowest BCUT2D eigenvalue weighted by atomic mass is 10.0. The molecule has 28 heavy (non-hydrogen) atoms. The van der Waals surface area contributed by atoms with Crippen molar-refractivity contribution in [2.75, 3.05) is 23.7 Å². The number of sulfonamides is 1. The second kappa shape index (κ2) is 8.44. The van der Waals surface area contributed by atoms with Gasteiger partial charge in [0.1, 0.15) is 5.69 Å². The van der Waals surface area contributed by atoms with E-state index in [0.717, 1.165) is 12.8 Å². The van der Waals surface area contributed by atoms with Crippen molar-refractivity contribution in [3.8, 4) is 0 Å². The molecule has 0 bridgehead atoms. The molecule has 1 aromatic carbocycles. The molecule has 1 heterocycles. The molecule has 0 aromatic heterocycles. The molecule has 9 nitrogen and oxygen atoms in total. The average molecular weight is 410 g/mol. The van der Waals surface area contributed by atoms with Crippen molar-refractivity contribution in [1.82, 2.24) is 10.0 Å². The van der Waals surface area contributed by atoms with Crippen molar-refractivity contribution in [3.05, 3.63) is 33.9 Å². The number of carbonyl (C=O) groups excluding carboxylic acids is 1. The molecule has 0 spiro atoms. The van der Waals surface area contributed by atoms with Gasteiger partial charge in [-0.15, -0.1) is 0 Å². The molecule has 1 aliphatic heterocycles. The number of nitrogens with zero attached hydrogens (tertiary/aromatic N) is 2. The minimum atomic E-state index is -3.28. The highest BCUT2D eigenvalue weighted by atomic mass is 32.2. The normalized spacial score (nSPS) is 18.1. The summed E-state index contributed by atoms with van der Waals surface area (Å²) in [4.78, 5) is 25.1. The van der Waals surface area contributed by atoms with Gasteiger partial charge in [-0.2, -0.15) is 0 Å². The van der Waals surface area contributed by atoms with Crippen LogP contribution in [0.4, 0.5) is 11.4 Å². The number of benzene rings is 1. The first kappa shape index (κ1) is 20.5. The van der Waals surface area contributed by atoms with Gasteiger partial charge in [0.2, 0.25) is 10.0 Å². The maximum Gasteiger partial charge on any atom is 0.293 e. The molecule has 10 heteroatoms. The Morgan fingerprint density at radius 3 is 2.46 bits per heavy atom. The Morgan fingerprint density at radius 2 is 1.89 bits per heavy atom. The van der Waals surface area contributed by atoms with E-state index >= 15 is 0 Å². The van der Waals surface area contributed by atoms with Crippen LogP contribution in [0.3, 0.4) is 0 Å². The number of hydrogen-bond donors (Lipinski definition) is 2. The minimum Gasteiger partial charge on any atom is -0.366 e. The third-order valence-corrected chi connectivity index (χ3v) is 6.64. The second-order valence-electron chi connectivity index (χ2n) is 7.41. The lowest BCUT2D eigenvalue weighted by Crippen LogP contribution is -2.45. The molecule has 2 aliphatic rings. The van der Waals surface area contributed by atoms with E-state index in [4.69, 9.17) is 0 Å². The van der Waals surface area contributed by atoms with Crippen LogP contribution in [0.2, 0.25) is 0 Å². The predicted octanol–water partition coefficient (Wildman–Crippen LogP) is 1.79. The van der Waals surface area contributed by atoms with Crippen molar-refractivity contribution in [1.29, 1.82) is 0 Å². The number of nitro benzene ring substituents is 1. The van der Waals surface area contributed by atoms with E-state index < -0.39 is 14.9 Å². The molecule has 1 aromatic rings. The highest BCUT2D eigenvalue weighted by Gasteiger charge is 2.29. The fraction of sp³-hybridized carbons (Fsp3) is 0.611. The fourth-order valence-electron chi connectivity index (χ4n) is 3.39. The van der Waals surface area contributed by atoms with Crippen LogP contribution in [-0.2, 0) is 10.0 Å². The Balaban J connectivity index is 1.68. The van der Waals surface area contributed by atoms with Gasteiger partial charge < -0.3 is 10.2 Å². The molecule has 3 rings (SSSR count). The monoisotopic (exact) mass is 410 g/mol. The number of rotatable bonds is 8. The first-order valence-corrected chi connectivity index (χ1v) is 11.3. The van der Waals surface area contributed by atoms with Crippen molar-refractivity contribution < 1.29 is 18.1 Å². The van der Waals surface area contributed by atoms with Gasteiger partial charge in [-0.3, -0.25) is 14.9 Å². The Labute approximate surface area is 164 Å². The van der Waals surface area contributed by atoms with Gasteiger partial charge in [0, 0.05) is 36.8 Å². The first-order valence-electron chi connectivity index (χ1n) is 9.63. The zero-order valence-electron chi connectivity index (χ0n) is 15.9. The number of nitrogens with one attached hydrogen (secondary N) is 2. The summed E-state index contributed by atoms with van der Waals surface area (Å²) < 4.78 is 26.6. The first-order chi connectivity index (χ1) is 13.3. The molecule has 1 saturated carbocycles. The second-order valence-corrected chi connectivity index (χ2v) is 9.28. The molecule has 0 radical (unpaired) electrons. The van der Waals surface area contributed by atoms with Crippen molar-refractivity contribution in [2.45, 2.75) is 51.1 Å². The summed E-state index contributed by atoms with van der Waals surface area (Å²) in [7, 11) is -3.28. The summed E-state index contributed by atoms with van der Waals surface area (Å²) in [6.07, 6.45) is 3.60. The largest absolute Gasteiger partial charge is 0.366 e. The highest BCUT2D eigenvalue weighted by Crippen LogP contribution is 2.32. The fourth-order valence-corrected chi connectivity index (χ4v) is 4.79. The van der Waals surface area contributed by atoms with E-state index in [0.29, 0.717) is 38.0 Å². The number of amides is 1. The lowest BCUT2D eigenvalue weighted by Gasteiger charge is -2.33. The molecule has 0 unspecified atom stereocenters. The van der Waals surface area contributed by atoms with Gasteiger partial charge in [0.15, 0.2) is 0 Å². The summed E-state index contributed by atoms with van der Waals surface area (Å²) in [5.74, 6) is -0.190. The van der Waals surface area contributed by atoms with E-state index in [1.54, 1.807) is 12.1 Å². The third-order valence-electron chi connectivity index (χ3n) is 5.00. The van der Waals surface area contributed by atoms with E-state index in [1.165, 1.54) is 6.07 Å². The van der Waals surface area contributed by atoms with Crippen molar-refractivity contribution >= 4 is 27.3 Å². The zero-order chi connectivity index (χ0) is 20.3. The third kappa shape index (κ3) is 5.20. The Morgan fingerprint density at radius 1 is 1.21 bits per heavy atom. The van der Waals surface area contributed by atoms with E-state index in [-0.39, 0.29) is 35.0 Å². The van der Waals surface area contributed by atoms with Crippen LogP contribution in [0.25, 0.3) is 0 Å². The predicted molar refractivity (Wildman–Crippen MR) is 106 cm³/mol. The van der Waals surface area contributed by atoms with E-state index in [9.17, 15) is 23.3 Å². The average Bonchev–Trinajstić information content (AvgIpc) is 3.45. The Hall–Kier alpha value is -2.20. The number of nitro groups is 1. The maximum atomic E-state index is 12.2. The van der Waals surface area contributed by atoms with Crippen LogP contribution < -0.4 is 14.9 Å². The van der Waals surface area contributed by atoms with Crippen LogP contribution in [0.5, 0.6) is 0 Å². The molecular formula is C18H26N4O5S. The maximum absolute atomic E-state index is 12.2. The van der Waals surface area contributed by atoms with Crippen LogP contribution in [-0.4, -0.2) is 50.2 Å². The number of carbonyl (C=O) groups is 1. The summed E-state index contributed by atoms with van der Waals surface area (Å²) in [6.45, 7) is 2.83. The molecular weight excluding hydrogens is 384 g/mol. The summed E-state index contributed by atoms with van der Waals surface area (Å²) in [6, 6.07) is 4.57. The zero-order valence-corrected chi connectivity index (χ0v) is 16.7. The molecule has 1 saturated heterocycles. The highest BCUT2D eigenvalue weighted by molar-refractivity contribution is 7.89. The molecule has 0 atom stereocenters. The van der Waals surface area contributed by atoms with Crippen LogP contribution in [0.15, 0.2) is 18.2 Å². The lowest BCUT2D eigenvalue weighted by molar-refractivity contribution is -0.384. The van der Waals surface area contributed by atoms with Crippen LogP contribution in [0.1, 0.15) is 49.4 Å². The minimum absolute atomic E-state index is 0.100. The van der Waals surface area contributed by atoms with Gasteiger partial charge >= 0.3 is 0 Å². The Bertz CT molecular complexity index is 846. The summed E-state index contributed by atoms with van der Waals surface area (Å²) in [5.41, 5.74) is 0.640. The van der Waals surface area contributed by atoms with Crippen LogP contribution >= 0.6 is 0 Å². The molecule has 2 N–H and O–H groups in total. The van der Waals surface area contributed by atoms with Gasteiger partial charge in [0.25, 0.3) is 11.6 Å². The smallest absolute Gasteiger partial charge is 0.293 e. The van der Waals surface area contributed by atoms with E-state index in [2.05, 4.69) is 10.0 Å². The molecule has 1 amide bonds. The van der Waals surface area contributed by atoms with E-state index in [1.807, 2.05) is 11.8 Å². The van der Waals surface area contributed by atoms with Crippen molar-refractivity contribution in [3.63, 3.8) is 0 Å². The molecule has 1 aliphatic carbocycles. The summed E-state index contributed by atoms with van der Waals surface area (Å²) >= 11 is 0. The quantitative estimate of drug-likeness (QED) is 0.498. The standard InChI is InChI=1S/C18H26N4O5S/c1-2-11-28(26,27)20-15-7-9-21(10-8-15)16-6-3-13(12-17(16)22(24)25)18(23)19-14-4-5-14/h3,6,12,14-15,20H,2,4-5,7-11H2,1H3,(H,19,23).